The number of allylic oxidation sites excluding steroid dienone is 1. The molecule has 1 aromatic heterocycles. The van der Waals surface area contributed by atoms with Crippen molar-refractivity contribution in [3.8, 4) is 0 Å². The first-order valence-electron chi connectivity index (χ1n) is 7.79. The number of aryl methyl sites for hydroxylation is 1. The topological polar surface area (TPSA) is 55.1 Å². The fourth-order valence-electron chi connectivity index (χ4n) is 2.74. The predicted octanol–water partition coefficient (Wildman–Crippen LogP) is 3.95. The Bertz CT molecular complexity index is 541. The van der Waals surface area contributed by atoms with Crippen LogP contribution in [-0.2, 0) is 11.8 Å². The van der Waals surface area contributed by atoms with Gasteiger partial charge in [0.15, 0.2) is 0 Å². The van der Waals surface area contributed by atoms with Gasteiger partial charge in [0.1, 0.15) is 0 Å². The van der Waals surface area contributed by atoms with E-state index in [0.717, 1.165) is 31.3 Å². The van der Waals surface area contributed by atoms with Gasteiger partial charge in [0.25, 0.3) is 0 Å². The van der Waals surface area contributed by atoms with Crippen molar-refractivity contribution in [2.24, 2.45) is 7.05 Å². The highest BCUT2D eigenvalue weighted by atomic mass is 16.4. The lowest BCUT2D eigenvalue weighted by atomic mass is 9.94. The van der Waals surface area contributed by atoms with Gasteiger partial charge in [-0.2, -0.15) is 0 Å². The van der Waals surface area contributed by atoms with E-state index in [0.29, 0.717) is 11.3 Å². The summed E-state index contributed by atoms with van der Waals surface area (Å²) in [5.41, 5.74) is 2.07. The molecular weight excluding hydrogens is 264 g/mol. The number of hydrogen-bond acceptors (Lipinski definition) is 2. The molecule has 0 fully saturated rings. The molecule has 21 heavy (non-hydrogen) atoms. The third-order valence-electron chi connectivity index (χ3n) is 3.88. The molecule has 2 rings (SSSR count). The molecule has 114 valence electrons. The Labute approximate surface area is 126 Å². The quantitative estimate of drug-likeness (QED) is 0.857. The number of carboxylic acids is 1. The molecule has 0 unspecified atom stereocenters. The second kappa shape index (κ2) is 7.81. The Balaban J connectivity index is 2.23. The van der Waals surface area contributed by atoms with Gasteiger partial charge in [-0.1, -0.05) is 31.8 Å². The summed E-state index contributed by atoms with van der Waals surface area (Å²) < 4.78 is 1.83. The van der Waals surface area contributed by atoms with Crippen LogP contribution >= 0.6 is 0 Å². The second-order valence-electron chi connectivity index (χ2n) is 5.72. The first-order valence-corrected chi connectivity index (χ1v) is 7.79. The van der Waals surface area contributed by atoms with E-state index in [1.54, 1.807) is 12.4 Å². The van der Waals surface area contributed by atoms with Gasteiger partial charge in [-0.15, -0.1) is 0 Å². The zero-order valence-electron chi connectivity index (χ0n) is 12.7. The average molecular weight is 288 g/mol. The molecule has 4 nitrogen and oxygen atoms in total. The maximum atomic E-state index is 11.6. The Kier molecular flexibility index (Phi) is 5.78. The smallest absolute Gasteiger partial charge is 0.336 e. The van der Waals surface area contributed by atoms with Crippen LogP contribution in [0.2, 0.25) is 0 Å². The molecule has 0 saturated carbocycles. The first-order chi connectivity index (χ1) is 10.2. The van der Waals surface area contributed by atoms with E-state index in [2.05, 4.69) is 11.1 Å². The van der Waals surface area contributed by atoms with E-state index in [9.17, 15) is 9.90 Å². The van der Waals surface area contributed by atoms with Crippen molar-refractivity contribution in [2.75, 3.05) is 0 Å². The summed E-state index contributed by atoms with van der Waals surface area (Å²) in [6.45, 7) is 0. The van der Waals surface area contributed by atoms with Crippen molar-refractivity contribution in [1.82, 2.24) is 9.55 Å². The van der Waals surface area contributed by atoms with E-state index in [1.165, 1.54) is 25.7 Å². The number of aliphatic carboxylic acids is 1. The summed E-state index contributed by atoms with van der Waals surface area (Å²) in [6, 6.07) is 0. The third kappa shape index (κ3) is 4.88. The Morgan fingerprint density at radius 3 is 2.62 bits per heavy atom. The number of aromatic nitrogens is 2. The molecule has 0 bridgehead atoms. The largest absolute Gasteiger partial charge is 0.478 e. The van der Waals surface area contributed by atoms with Crippen molar-refractivity contribution >= 4 is 12.0 Å². The van der Waals surface area contributed by atoms with Crippen molar-refractivity contribution < 1.29 is 9.90 Å². The molecule has 0 saturated heterocycles. The van der Waals surface area contributed by atoms with Gasteiger partial charge < -0.3 is 9.67 Å². The number of carbonyl (C=O) groups is 1. The molecule has 4 heteroatoms. The van der Waals surface area contributed by atoms with Crippen molar-refractivity contribution in [2.45, 2.75) is 51.4 Å². The van der Waals surface area contributed by atoms with Crippen LogP contribution in [0, 0.1) is 0 Å². The zero-order chi connectivity index (χ0) is 15.1. The summed E-state index contributed by atoms with van der Waals surface area (Å²) in [6.07, 6.45) is 16.4. The van der Waals surface area contributed by atoms with E-state index < -0.39 is 5.97 Å². The molecule has 1 aliphatic carbocycles. The zero-order valence-corrected chi connectivity index (χ0v) is 12.7. The molecular formula is C17H24N2O2. The van der Waals surface area contributed by atoms with Gasteiger partial charge >= 0.3 is 5.97 Å². The van der Waals surface area contributed by atoms with Gasteiger partial charge in [-0.05, 0) is 37.3 Å². The minimum Gasteiger partial charge on any atom is -0.478 e. The fraction of sp³-hybridized carbons (Fsp3) is 0.529. The van der Waals surface area contributed by atoms with E-state index in [1.807, 2.05) is 17.8 Å². The van der Waals surface area contributed by atoms with Crippen LogP contribution in [0.5, 0.6) is 0 Å². The Morgan fingerprint density at radius 2 is 1.95 bits per heavy atom. The molecule has 1 N–H and O–H groups in total. The molecule has 0 aliphatic heterocycles. The maximum absolute atomic E-state index is 11.6. The van der Waals surface area contributed by atoms with Gasteiger partial charge in [-0.3, -0.25) is 0 Å². The highest BCUT2D eigenvalue weighted by Crippen LogP contribution is 2.24. The molecule has 0 radical (unpaired) electrons. The highest BCUT2D eigenvalue weighted by molar-refractivity contribution is 5.96. The Morgan fingerprint density at radius 1 is 1.24 bits per heavy atom. The number of rotatable bonds is 3. The summed E-state index contributed by atoms with van der Waals surface area (Å²) in [5, 5.41) is 9.54. The second-order valence-corrected chi connectivity index (χ2v) is 5.72. The molecule has 1 heterocycles. The maximum Gasteiger partial charge on any atom is 0.336 e. The van der Waals surface area contributed by atoms with E-state index in [-0.39, 0.29) is 0 Å². The lowest BCUT2D eigenvalue weighted by Gasteiger charge is -2.11. The summed E-state index contributed by atoms with van der Waals surface area (Å²) in [5.74, 6) is -0.857. The van der Waals surface area contributed by atoms with Crippen LogP contribution in [0.15, 0.2) is 29.7 Å². The predicted molar refractivity (Wildman–Crippen MR) is 83.8 cm³/mol. The molecule has 1 aliphatic rings. The summed E-state index contributed by atoms with van der Waals surface area (Å²) in [7, 11) is 1.88. The van der Waals surface area contributed by atoms with Crippen LogP contribution in [0.3, 0.4) is 0 Å². The van der Waals surface area contributed by atoms with Gasteiger partial charge in [0, 0.05) is 13.2 Å². The molecule has 1 aromatic rings. The monoisotopic (exact) mass is 288 g/mol. The SMILES string of the molecule is Cn1cnc(C=C(C(=O)O)/C2=C\CCCCCCCC2)c1. The molecule has 0 atom stereocenters. The molecule has 0 spiro atoms. The number of carboxylic acid groups (broad SMARTS) is 1. The van der Waals surface area contributed by atoms with Crippen LogP contribution in [-0.4, -0.2) is 20.6 Å². The standard InChI is InChI=1S/C17H24N2O2/c1-19-12-15(18-13-19)11-16(17(20)21)14-9-7-5-3-2-4-6-8-10-14/h9,11-13H,2-8,10H2,1H3,(H,20,21)/b14-9-,16-11?. The minimum absolute atomic E-state index is 0.397. The molecule has 0 aromatic carbocycles. The van der Waals surface area contributed by atoms with Gasteiger partial charge in [0.2, 0.25) is 0 Å². The summed E-state index contributed by atoms with van der Waals surface area (Å²) in [4.78, 5) is 15.8. The highest BCUT2D eigenvalue weighted by Gasteiger charge is 2.14. The van der Waals surface area contributed by atoms with Crippen LogP contribution in [0.4, 0.5) is 0 Å². The number of nitrogens with zero attached hydrogens (tertiary/aromatic N) is 2. The fourth-order valence-corrected chi connectivity index (χ4v) is 2.74. The van der Waals surface area contributed by atoms with Crippen LogP contribution < -0.4 is 0 Å². The Hall–Kier alpha value is -1.84. The van der Waals surface area contributed by atoms with Crippen molar-refractivity contribution in [1.29, 1.82) is 0 Å². The van der Waals surface area contributed by atoms with Crippen LogP contribution in [0.25, 0.3) is 6.08 Å². The average Bonchev–Trinajstić information content (AvgIpc) is 2.87. The number of imidazole rings is 1. The lowest BCUT2D eigenvalue weighted by molar-refractivity contribution is -0.132. The normalized spacial score (nSPS) is 20.6. The number of hydrogen-bond donors (Lipinski definition) is 1. The molecule has 0 amide bonds. The first kappa shape index (κ1) is 15.5. The third-order valence-corrected chi connectivity index (χ3v) is 3.88. The van der Waals surface area contributed by atoms with Gasteiger partial charge in [0.05, 0.1) is 17.6 Å². The van der Waals surface area contributed by atoms with Crippen molar-refractivity contribution in [3.05, 3.63) is 35.4 Å². The minimum atomic E-state index is -0.857. The van der Waals surface area contributed by atoms with E-state index >= 15 is 0 Å². The van der Waals surface area contributed by atoms with Gasteiger partial charge in [-0.25, -0.2) is 9.78 Å². The van der Waals surface area contributed by atoms with E-state index in [4.69, 9.17) is 0 Å². The van der Waals surface area contributed by atoms with Crippen LogP contribution in [0.1, 0.15) is 57.1 Å². The van der Waals surface area contributed by atoms with Crippen molar-refractivity contribution in [3.63, 3.8) is 0 Å². The summed E-state index contributed by atoms with van der Waals surface area (Å²) >= 11 is 0. The lowest BCUT2D eigenvalue weighted by Crippen LogP contribution is -2.05.